The van der Waals surface area contributed by atoms with Crippen molar-refractivity contribution in [3.63, 3.8) is 0 Å². The zero-order valence-electron chi connectivity index (χ0n) is 12.1. The largest absolute Gasteiger partial charge is 0.337 e. The summed E-state index contributed by atoms with van der Waals surface area (Å²) in [5, 5.41) is 6.78. The average Bonchev–Trinajstić information content (AvgIpc) is 2.51. The van der Waals surface area contributed by atoms with Crippen LogP contribution in [0.3, 0.4) is 0 Å². The van der Waals surface area contributed by atoms with Crippen LogP contribution in [-0.4, -0.2) is 28.0 Å². The van der Waals surface area contributed by atoms with E-state index < -0.39 is 11.6 Å². The van der Waals surface area contributed by atoms with Gasteiger partial charge in [-0.05, 0) is 18.2 Å². The van der Waals surface area contributed by atoms with Gasteiger partial charge in [-0.3, -0.25) is 4.98 Å². The van der Waals surface area contributed by atoms with Crippen molar-refractivity contribution in [2.75, 3.05) is 18.4 Å². The van der Waals surface area contributed by atoms with Gasteiger partial charge in [-0.25, -0.2) is 18.7 Å². The van der Waals surface area contributed by atoms with Crippen LogP contribution in [0.4, 0.5) is 20.3 Å². The van der Waals surface area contributed by atoms with Crippen molar-refractivity contribution in [2.45, 2.75) is 5.92 Å². The van der Waals surface area contributed by atoms with Gasteiger partial charge in [-0.2, -0.15) is 0 Å². The molecule has 2 N–H and O–H groups in total. The molecule has 0 spiro atoms. The van der Waals surface area contributed by atoms with Gasteiger partial charge in [0.1, 0.15) is 12.1 Å². The van der Waals surface area contributed by atoms with Crippen molar-refractivity contribution in [1.82, 2.24) is 20.3 Å². The fourth-order valence-corrected chi connectivity index (χ4v) is 2.52. The molecule has 4 rings (SSSR count). The smallest absolute Gasteiger partial charge is 0.182 e. The van der Waals surface area contributed by atoms with E-state index in [9.17, 15) is 8.78 Å². The zero-order valence-corrected chi connectivity index (χ0v) is 12.1. The lowest BCUT2D eigenvalue weighted by Gasteiger charge is -2.26. The number of pyridine rings is 1. The number of anilines is 2. The lowest BCUT2D eigenvalue weighted by Crippen LogP contribution is -2.40. The zero-order chi connectivity index (χ0) is 15.8. The van der Waals surface area contributed by atoms with Crippen molar-refractivity contribution in [1.29, 1.82) is 0 Å². The highest BCUT2D eigenvalue weighted by Crippen LogP contribution is 2.28. The predicted molar refractivity (Wildman–Crippen MR) is 82.6 cm³/mol. The molecule has 116 valence electrons. The Morgan fingerprint density at radius 2 is 2.00 bits per heavy atom. The molecule has 0 radical (unpaired) electrons. The Morgan fingerprint density at radius 1 is 1.13 bits per heavy atom. The molecule has 0 unspecified atom stereocenters. The molecule has 0 bridgehead atoms. The minimum absolute atomic E-state index is 0.0358. The van der Waals surface area contributed by atoms with Gasteiger partial charge >= 0.3 is 0 Å². The van der Waals surface area contributed by atoms with Gasteiger partial charge in [-0.15, -0.1) is 0 Å². The molecule has 23 heavy (non-hydrogen) atoms. The molecule has 5 nitrogen and oxygen atoms in total. The minimum atomic E-state index is -0.934. The monoisotopic (exact) mass is 313 g/mol. The van der Waals surface area contributed by atoms with Crippen LogP contribution in [0.5, 0.6) is 0 Å². The molecule has 0 amide bonds. The van der Waals surface area contributed by atoms with Crippen LogP contribution in [0.25, 0.3) is 10.9 Å². The Bertz CT molecular complexity index is 879. The van der Waals surface area contributed by atoms with Gasteiger partial charge in [0.2, 0.25) is 0 Å². The highest BCUT2D eigenvalue weighted by Gasteiger charge is 2.21. The van der Waals surface area contributed by atoms with E-state index in [1.165, 1.54) is 18.5 Å². The maximum atomic E-state index is 13.9. The van der Waals surface area contributed by atoms with Crippen LogP contribution in [0, 0.1) is 11.6 Å². The van der Waals surface area contributed by atoms with Gasteiger partial charge < -0.3 is 10.6 Å². The third kappa shape index (κ3) is 2.49. The van der Waals surface area contributed by atoms with Crippen LogP contribution in [0.2, 0.25) is 0 Å². The number of rotatable bonds is 3. The summed E-state index contributed by atoms with van der Waals surface area (Å²) in [4.78, 5) is 12.7. The Kier molecular flexibility index (Phi) is 3.34. The molecule has 1 aliphatic rings. The highest BCUT2D eigenvalue weighted by molar-refractivity contribution is 5.90. The van der Waals surface area contributed by atoms with Crippen molar-refractivity contribution in [3.05, 3.63) is 54.1 Å². The van der Waals surface area contributed by atoms with Crippen LogP contribution in [0.15, 0.2) is 36.8 Å². The Morgan fingerprint density at radius 3 is 2.78 bits per heavy atom. The topological polar surface area (TPSA) is 62.7 Å². The summed E-state index contributed by atoms with van der Waals surface area (Å²) in [5.74, 6) is -1.05. The first-order valence-electron chi connectivity index (χ1n) is 7.25. The number of hydrogen-bond acceptors (Lipinski definition) is 5. The first-order chi connectivity index (χ1) is 11.2. The van der Waals surface area contributed by atoms with E-state index in [2.05, 4.69) is 25.6 Å². The second kappa shape index (κ2) is 5.51. The molecule has 1 fully saturated rings. The van der Waals surface area contributed by atoms with E-state index in [0.29, 0.717) is 17.3 Å². The van der Waals surface area contributed by atoms with Gasteiger partial charge in [0.05, 0.1) is 17.4 Å². The number of aromatic nitrogens is 3. The first kappa shape index (κ1) is 14.0. The fourth-order valence-electron chi connectivity index (χ4n) is 2.52. The van der Waals surface area contributed by atoms with Crippen LogP contribution in [-0.2, 0) is 0 Å². The third-order valence-corrected chi connectivity index (χ3v) is 3.95. The Hall–Kier alpha value is -2.67. The van der Waals surface area contributed by atoms with Crippen LogP contribution in [0.1, 0.15) is 11.6 Å². The fraction of sp³-hybridized carbons (Fsp3) is 0.188. The minimum Gasteiger partial charge on any atom is -0.337 e. The van der Waals surface area contributed by atoms with Crippen molar-refractivity contribution in [2.24, 2.45) is 0 Å². The van der Waals surface area contributed by atoms with Gasteiger partial charge in [-0.1, -0.05) is 6.07 Å². The summed E-state index contributed by atoms with van der Waals surface area (Å²) >= 11 is 0. The van der Waals surface area contributed by atoms with E-state index in [-0.39, 0.29) is 5.69 Å². The Balaban J connectivity index is 1.77. The van der Waals surface area contributed by atoms with E-state index in [4.69, 9.17) is 0 Å². The number of fused-ring (bicyclic) bond motifs is 1. The summed E-state index contributed by atoms with van der Waals surface area (Å²) in [6, 6.07) is 5.88. The molecule has 7 heteroatoms. The summed E-state index contributed by atoms with van der Waals surface area (Å²) in [7, 11) is 0. The molecule has 1 saturated heterocycles. The summed E-state index contributed by atoms with van der Waals surface area (Å²) in [5.41, 5.74) is 1.62. The standard InChI is InChI=1S/C16H13F2N5/c17-11-2-1-3-12(15(11)18)23-16-10-4-13(9-5-19-6-9)20-7-14(10)21-8-22-16/h1-4,7-9,19H,5-6H2,(H,21,22,23). The molecule has 0 saturated carbocycles. The van der Waals surface area contributed by atoms with Crippen molar-refractivity contribution in [3.8, 4) is 0 Å². The summed E-state index contributed by atoms with van der Waals surface area (Å²) < 4.78 is 27.2. The number of benzene rings is 1. The summed E-state index contributed by atoms with van der Waals surface area (Å²) in [6.45, 7) is 1.76. The van der Waals surface area contributed by atoms with Gasteiger partial charge in [0.15, 0.2) is 11.6 Å². The van der Waals surface area contributed by atoms with E-state index in [0.717, 1.165) is 30.2 Å². The molecule has 0 aliphatic carbocycles. The highest BCUT2D eigenvalue weighted by atomic mass is 19.2. The molecular formula is C16H13F2N5. The van der Waals surface area contributed by atoms with Gasteiger partial charge in [0.25, 0.3) is 0 Å². The number of halogens is 2. The molecule has 1 aliphatic heterocycles. The maximum Gasteiger partial charge on any atom is 0.182 e. The molecule has 1 aromatic carbocycles. The number of nitrogens with one attached hydrogen (secondary N) is 2. The average molecular weight is 313 g/mol. The summed E-state index contributed by atoms with van der Waals surface area (Å²) in [6.07, 6.45) is 3.05. The molecule has 2 aromatic heterocycles. The van der Waals surface area contributed by atoms with Crippen molar-refractivity contribution < 1.29 is 8.78 Å². The number of nitrogens with zero attached hydrogens (tertiary/aromatic N) is 3. The third-order valence-electron chi connectivity index (χ3n) is 3.95. The predicted octanol–water partition coefficient (Wildman–Crippen LogP) is 2.73. The number of hydrogen-bond donors (Lipinski definition) is 2. The van der Waals surface area contributed by atoms with E-state index in [1.54, 1.807) is 6.20 Å². The lowest BCUT2D eigenvalue weighted by atomic mass is 9.98. The SMILES string of the molecule is Fc1cccc(Nc2ncnc3cnc(C4CNC4)cc23)c1F. The van der Waals surface area contributed by atoms with Crippen LogP contribution < -0.4 is 10.6 Å². The first-order valence-corrected chi connectivity index (χ1v) is 7.25. The van der Waals surface area contributed by atoms with E-state index >= 15 is 0 Å². The molecule has 3 aromatic rings. The second-order valence-corrected chi connectivity index (χ2v) is 5.43. The molecule has 0 atom stereocenters. The van der Waals surface area contributed by atoms with Crippen molar-refractivity contribution >= 4 is 22.4 Å². The molecule has 3 heterocycles. The second-order valence-electron chi connectivity index (χ2n) is 5.43. The lowest BCUT2D eigenvalue weighted by molar-refractivity contribution is 0.440. The Labute approximate surface area is 130 Å². The maximum absolute atomic E-state index is 13.9. The quantitative estimate of drug-likeness (QED) is 0.778. The normalized spacial score (nSPS) is 14.7. The van der Waals surface area contributed by atoms with E-state index in [1.807, 2.05) is 6.07 Å². The van der Waals surface area contributed by atoms with Crippen LogP contribution >= 0.6 is 0 Å². The van der Waals surface area contributed by atoms with Gasteiger partial charge in [0, 0.05) is 30.1 Å². The molecular weight excluding hydrogens is 300 g/mol.